The molecule has 1 atom stereocenters. The molecule has 11 heavy (non-hydrogen) atoms. The van der Waals surface area contributed by atoms with Crippen molar-refractivity contribution >= 4 is 50.2 Å². The van der Waals surface area contributed by atoms with Gasteiger partial charge in [0.15, 0.2) is 0 Å². The lowest BCUT2D eigenvalue weighted by molar-refractivity contribution is -0.140. The summed E-state index contributed by atoms with van der Waals surface area (Å²) in [6, 6.07) is 0. The van der Waals surface area contributed by atoms with E-state index in [0.717, 1.165) is 0 Å². The third-order valence-electron chi connectivity index (χ3n) is 0.750. The van der Waals surface area contributed by atoms with Gasteiger partial charge in [0, 0.05) is 6.92 Å². The number of ether oxygens (including phenoxy) is 1. The summed E-state index contributed by atoms with van der Waals surface area (Å²) in [5.41, 5.74) is 0. The van der Waals surface area contributed by atoms with E-state index in [0.29, 0.717) is 0 Å². The number of carbonyl (C=O) groups excluding carboxylic acids is 1. The van der Waals surface area contributed by atoms with Gasteiger partial charge in [0.2, 0.25) is 0 Å². The first-order chi connectivity index (χ1) is 4.84. The van der Waals surface area contributed by atoms with Crippen LogP contribution in [0.5, 0.6) is 0 Å². The molecule has 0 aromatic carbocycles. The zero-order valence-corrected chi connectivity index (χ0v) is 9.58. The fourth-order valence-electron chi connectivity index (χ4n) is 0.273. The van der Waals surface area contributed by atoms with Crippen LogP contribution in [0.4, 0.5) is 0 Å². The van der Waals surface area contributed by atoms with E-state index in [2.05, 4.69) is 20.7 Å². The maximum atomic E-state index is 10.8. The van der Waals surface area contributed by atoms with Crippen LogP contribution in [0.2, 0.25) is 0 Å². The molecule has 0 rings (SSSR count). The third kappa shape index (κ3) is 5.97. The predicted molar refractivity (Wildman–Crippen MR) is 48.7 cm³/mol. The highest BCUT2D eigenvalue weighted by molar-refractivity contribution is 9.11. The maximum Gasteiger partial charge on any atom is 0.302 e. The molecule has 0 amide bonds. The highest BCUT2D eigenvalue weighted by atomic mass is 79.9. The highest BCUT2D eigenvalue weighted by Gasteiger charge is 2.26. The van der Waals surface area contributed by atoms with Gasteiger partial charge in [0.1, 0.15) is 11.2 Å². The molecule has 0 aliphatic rings. The van der Waals surface area contributed by atoms with Gasteiger partial charge in [-0.3, -0.25) is 9.36 Å². The van der Waals surface area contributed by atoms with Crippen LogP contribution in [0.25, 0.3) is 0 Å². The Labute approximate surface area is 82.5 Å². The molecular formula is C4H6BrCl2O3P. The summed E-state index contributed by atoms with van der Waals surface area (Å²) in [5, 5.41) is 0. The molecule has 0 aliphatic heterocycles. The van der Waals surface area contributed by atoms with Crippen LogP contribution in [0.15, 0.2) is 0 Å². The van der Waals surface area contributed by atoms with Gasteiger partial charge >= 0.3 is 5.97 Å². The smallest absolute Gasteiger partial charge is 0.302 e. The minimum Gasteiger partial charge on any atom is -0.464 e. The van der Waals surface area contributed by atoms with E-state index in [1.807, 2.05) is 0 Å². The normalized spacial score (nSPS) is 14.2. The second-order valence-corrected chi connectivity index (χ2v) is 8.71. The molecule has 66 valence electrons. The first kappa shape index (κ1) is 11.8. The molecule has 0 bridgehead atoms. The van der Waals surface area contributed by atoms with Crippen molar-refractivity contribution in [2.24, 2.45) is 0 Å². The van der Waals surface area contributed by atoms with Gasteiger partial charge in [-0.1, -0.05) is 15.9 Å². The summed E-state index contributed by atoms with van der Waals surface area (Å²) >= 11 is 13.4. The highest BCUT2D eigenvalue weighted by Crippen LogP contribution is 2.62. The zero-order valence-electron chi connectivity index (χ0n) is 5.59. The molecule has 1 unspecified atom stereocenters. The van der Waals surface area contributed by atoms with Crippen molar-refractivity contribution in [2.75, 3.05) is 6.61 Å². The average Bonchev–Trinajstić information content (AvgIpc) is 1.80. The van der Waals surface area contributed by atoms with Gasteiger partial charge in [0.05, 0.1) is 0 Å². The summed E-state index contributed by atoms with van der Waals surface area (Å²) in [6.45, 7) is 1.16. The topological polar surface area (TPSA) is 43.4 Å². The fraction of sp³-hybridized carbons (Fsp3) is 0.750. The number of rotatable bonds is 3. The van der Waals surface area contributed by atoms with E-state index in [9.17, 15) is 9.36 Å². The molecule has 0 saturated heterocycles. The summed E-state index contributed by atoms with van der Waals surface area (Å²) in [5.74, 6) is -3.69. The number of halogens is 3. The quantitative estimate of drug-likeness (QED) is 0.454. The SMILES string of the molecule is CC(=O)OCC(Br)P(=O)(Cl)Cl. The van der Waals surface area contributed by atoms with Crippen molar-refractivity contribution in [3.8, 4) is 0 Å². The molecule has 0 fully saturated rings. The standard InChI is InChI=1S/C4H6BrCl2O3P/c1-3(8)10-2-4(5)11(6,7)9/h4H,2H2,1H3. The minimum absolute atomic E-state index is 0.0837. The lowest BCUT2D eigenvalue weighted by Gasteiger charge is -2.09. The van der Waals surface area contributed by atoms with Crippen LogP contribution >= 0.6 is 44.3 Å². The molecule has 0 aromatic rings. The molecule has 0 saturated carbocycles. The van der Waals surface area contributed by atoms with Crippen LogP contribution in [-0.2, 0) is 14.1 Å². The number of carbonyl (C=O) groups is 1. The lowest BCUT2D eigenvalue weighted by Crippen LogP contribution is -2.08. The van der Waals surface area contributed by atoms with Gasteiger partial charge in [-0.2, -0.15) is 0 Å². The molecule has 0 aliphatic carbocycles. The van der Waals surface area contributed by atoms with E-state index in [1.54, 1.807) is 0 Å². The van der Waals surface area contributed by atoms with Crippen molar-refractivity contribution in [3.63, 3.8) is 0 Å². The summed E-state index contributed by atoms with van der Waals surface area (Å²) in [4.78, 5) is 10.3. The Hall–Kier alpha value is 0.760. The Morgan fingerprint density at radius 1 is 1.73 bits per heavy atom. The lowest BCUT2D eigenvalue weighted by atomic mass is 10.8. The number of alkyl halides is 1. The van der Waals surface area contributed by atoms with Gasteiger partial charge in [-0.15, -0.1) is 0 Å². The van der Waals surface area contributed by atoms with Gasteiger partial charge in [-0.05, 0) is 22.5 Å². The van der Waals surface area contributed by atoms with E-state index in [1.165, 1.54) is 6.92 Å². The van der Waals surface area contributed by atoms with Crippen LogP contribution in [0.1, 0.15) is 6.92 Å². The van der Waals surface area contributed by atoms with Crippen molar-refractivity contribution < 1.29 is 14.1 Å². The third-order valence-corrected chi connectivity index (χ3v) is 6.37. The second kappa shape index (κ2) is 4.70. The van der Waals surface area contributed by atoms with Gasteiger partial charge < -0.3 is 4.74 Å². The Morgan fingerprint density at radius 3 is 2.45 bits per heavy atom. The van der Waals surface area contributed by atoms with Crippen LogP contribution in [0, 0.1) is 0 Å². The van der Waals surface area contributed by atoms with Gasteiger partial charge in [-0.25, -0.2) is 0 Å². The van der Waals surface area contributed by atoms with E-state index in [4.69, 9.17) is 22.5 Å². The Kier molecular flexibility index (Phi) is 5.03. The van der Waals surface area contributed by atoms with Crippen molar-refractivity contribution in [2.45, 2.75) is 11.5 Å². The molecule has 0 aromatic heterocycles. The van der Waals surface area contributed by atoms with E-state index >= 15 is 0 Å². The monoisotopic (exact) mass is 282 g/mol. The van der Waals surface area contributed by atoms with Crippen LogP contribution in [0.3, 0.4) is 0 Å². The average molecular weight is 284 g/mol. The number of esters is 1. The minimum atomic E-state index is -3.23. The van der Waals surface area contributed by atoms with Crippen molar-refractivity contribution in [3.05, 3.63) is 0 Å². The number of hydrogen-bond acceptors (Lipinski definition) is 3. The van der Waals surface area contributed by atoms with Crippen molar-refractivity contribution in [1.29, 1.82) is 0 Å². The molecule has 7 heteroatoms. The second-order valence-electron chi connectivity index (χ2n) is 1.74. The van der Waals surface area contributed by atoms with Crippen LogP contribution in [-0.4, -0.2) is 17.1 Å². The molecule has 0 N–H and O–H groups in total. The first-order valence-corrected chi connectivity index (χ1v) is 7.10. The van der Waals surface area contributed by atoms with Crippen molar-refractivity contribution in [1.82, 2.24) is 0 Å². The Balaban J connectivity index is 3.80. The summed E-state index contributed by atoms with van der Waals surface area (Å²) < 4.78 is 14.6. The predicted octanol–water partition coefficient (Wildman–Crippen LogP) is 2.94. The summed E-state index contributed by atoms with van der Waals surface area (Å²) in [6.07, 6.45) is 0. The Bertz CT molecular complexity index is 192. The van der Waals surface area contributed by atoms with Gasteiger partial charge in [0.25, 0.3) is 5.85 Å². The molecular weight excluding hydrogens is 278 g/mol. The fourth-order valence-corrected chi connectivity index (χ4v) is 0.991. The largest absolute Gasteiger partial charge is 0.464 e. The van der Waals surface area contributed by atoms with E-state index < -0.39 is 16.4 Å². The first-order valence-electron chi connectivity index (χ1n) is 2.60. The zero-order chi connectivity index (χ0) is 9.07. The maximum absolute atomic E-state index is 10.8. The molecule has 3 nitrogen and oxygen atoms in total. The summed E-state index contributed by atoms with van der Waals surface area (Å²) in [7, 11) is 0. The Morgan fingerprint density at radius 2 is 2.18 bits per heavy atom. The van der Waals surface area contributed by atoms with Crippen LogP contribution < -0.4 is 0 Å². The number of hydrogen-bond donors (Lipinski definition) is 0. The molecule has 0 spiro atoms. The molecule has 0 heterocycles. The molecule has 0 radical (unpaired) electrons. The van der Waals surface area contributed by atoms with E-state index in [-0.39, 0.29) is 6.61 Å².